The average Bonchev–Trinajstić information content (AvgIpc) is 2.85. The highest BCUT2D eigenvalue weighted by atomic mass is 16.6. The molecule has 9 nitrogen and oxygen atoms in total. The molecule has 0 aliphatic carbocycles. The topological polar surface area (TPSA) is 123 Å². The highest BCUT2D eigenvalue weighted by Crippen LogP contribution is 2.10. The number of anilines is 1. The van der Waals surface area contributed by atoms with E-state index in [9.17, 15) is 9.59 Å². The van der Waals surface area contributed by atoms with Crippen molar-refractivity contribution in [3.05, 3.63) is 34.1 Å². The van der Waals surface area contributed by atoms with Gasteiger partial charge in [-0.2, -0.15) is 0 Å². The molecule has 0 aliphatic heterocycles. The number of hydrogen-bond acceptors (Lipinski definition) is 7. The number of carboxylic acid groups (broad SMARTS) is 1. The van der Waals surface area contributed by atoms with Crippen molar-refractivity contribution in [2.75, 3.05) is 5.32 Å². The quantitative estimate of drug-likeness (QED) is 0.792. The molecule has 0 saturated heterocycles. The number of nitrogens with one attached hydrogen (secondary N) is 1. The molecule has 0 saturated carbocycles. The van der Waals surface area contributed by atoms with Crippen LogP contribution in [0.2, 0.25) is 0 Å². The summed E-state index contributed by atoms with van der Waals surface area (Å²) in [6.45, 7) is 3.64. The molecule has 0 spiro atoms. The van der Waals surface area contributed by atoms with Crippen LogP contribution in [0.4, 0.5) is 5.82 Å². The van der Waals surface area contributed by atoms with Crippen LogP contribution >= 0.6 is 0 Å². The van der Waals surface area contributed by atoms with Crippen molar-refractivity contribution in [3.8, 4) is 0 Å². The number of aromatic nitrogens is 4. The second-order valence-corrected chi connectivity index (χ2v) is 4.40. The van der Waals surface area contributed by atoms with Crippen LogP contribution in [0, 0.1) is 6.92 Å². The summed E-state index contributed by atoms with van der Waals surface area (Å²) in [7, 11) is 0. The molecule has 0 amide bonds. The maximum atomic E-state index is 12.2. The Bertz CT molecular complexity index is 693. The number of carboxylic acids is 1. The van der Waals surface area contributed by atoms with Crippen LogP contribution < -0.4 is 10.9 Å². The van der Waals surface area contributed by atoms with E-state index in [2.05, 4.69) is 25.2 Å². The summed E-state index contributed by atoms with van der Waals surface area (Å²) in [6, 6.07) is -0.920. The van der Waals surface area contributed by atoms with Crippen molar-refractivity contribution in [2.24, 2.45) is 0 Å². The van der Waals surface area contributed by atoms with E-state index >= 15 is 0 Å². The Hall–Kier alpha value is -2.71. The van der Waals surface area contributed by atoms with Crippen LogP contribution in [0.3, 0.4) is 0 Å². The summed E-state index contributed by atoms with van der Waals surface area (Å²) in [5.41, 5.74) is 0.661. The zero-order chi connectivity index (χ0) is 15.4. The molecule has 0 aliphatic rings. The lowest BCUT2D eigenvalue weighted by atomic mass is 10.2. The van der Waals surface area contributed by atoms with Crippen LogP contribution in [-0.4, -0.2) is 30.9 Å². The summed E-state index contributed by atoms with van der Waals surface area (Å²) in [4.78, 5) is 27.3. The maximum absolute atomic E-state index is 12.2. The third-order valence-electron chi connectivity index (χ3n) is 3.05. The smallest absolute Gasteiger partial charge is 0.326 e. The molecule has 0 fully saturated rings. The van der Waals surface area contributed by atoms with Crippen LogP contribution in [0.25, 0.3) is 0 Å². The molecule has 1 atom stereocenters. The fourth-order valence-corrected chi connectivity index (χ4v) is 1.86. The van der Waals surface area contributed by atoms with Crippen molar-refractivity contribution in [1.82, 2.24) is 19.9 Å². The SMILES string of the molecule is CC[C@@H](C(=O)O)n1ccnc(NCc2nonc2C)c1=O. The third-order valence-corrected chi connectivity index (χ3v) is 3.05. The van der Waals surface area contributed by atoms with E-state index in [0.29, 0.717) is 17.8 Å². The first-order valence-corrected chi connectivity index (χ1v) is 6.36. The molecular weight excluding hydrogens is 278 g/mol. The van der Waals surface area contributed by atoms with E-state index in [-0.39, 0.29) is 12.4 Å². The Morgan fingerprint density at radius 1 is 1.52 bits per heavy atom. The molecular formula is C12H15N5O4. The number of carbonyl (C=O) groups is 1. The van der Waals surface area contributed by atoms with E-state index < -0.39 is 17.6 Å². The first-order valence-electron chi connectivity index (χ1n) is 6.36. The molecule has 2 N–H and O–H groups in total. The van der Waals surface area contributed by atoms with Gasteiger partial charge in [-0.1, -0.05) is 17.2 Å². The minimum Gasteiger partial charge on any atom is -0.480 e. The summed E-state index contributed by atoms with van der Waals surface area (Å²) in [5.74, 6) is -1.01. The van der Waals surface area contributed by atoms with E-state index in [1.807, 2.05) is 0 Å². The Kier molecular flexibility index (Phi) is 4.31. The van der Waals surface area contributed by atoms with Gasteiger partial charge in [-0.05, 0) is 13.3 Å². The molecule has 9 heteroatoms. The molecule has 21 heavy (non-hydrogen) atoms. The fraction of sp³-hybridized carbons (Fsp3) is 0.417. The van der Waals surface area contributed by atoms with Gasteiger partial charge in [0, 0.05) is 12.4 Å². The summed E-state index contributed by atoms with van der Waals surface area (Å²) >= 11 is 0. The van der Waals surface area contributed by atoms with Crippen LogP contribution in [0.5, 0.6) is 0 Å². The molecule has 0 unspecified atom stereocenters. The van der Waals surface area contributed by atoms with E-state index in [1.54, 1.807) is 13.8 Å². The summed E-state index contributed by atoms with van der Waals surface area (Å²) in [6.07, 6.45) is 3.03. The van der Waals surface area contributed by atoms with Crippen molar-refractivity contribution < 1.29 is 14.5 Å². The maximum Gasteiger partial charge on any atom is 0.326 e. The lowest BCUT2D eigenvalue weighted by molar-refractivity contribution is -0.141. The molecule has 2 aromatic heterocycles. The number of rotatable bonds is 6. The number of aryl methyl sites for hydroxylation is 1. The van der Waals surface area contributed by atoms with Gasteiger partial charge in [0.05, 0.1) is 6.54 Å². The van der Waals surface area contributed by atoms with Crippen molar-refractivity contribution in [2.45, 2.75) is 32.9 Å². The van der Waals surface area contributed by atoms with Crippen molar-refractivity contribution in [1.29, 1.82) is 0 Å². The minimum absolute atomic E-state index is 0.0552. The number of hydrogen-bond donors (Lipinski definition) is 2. The second-order valence-electron chi connectivity index (χ2n) is 4.40. The Morgan fingerprint density at radius 3 is 2.86 bits per heavy atom. The molecule has 2 heterocycles. The van der Waals surface area contributed by atoms with Crippen LogP contribution in [0.15, 0.2) is 21.8 Å². The molecule has 2 rings (SSSR count). The normalized spacial score (nSPS) is 12.1. The predicted octanol–water partition coefficient (Wildman–Crippen LogP) is 0.583. The summed E-state index contributed by atoms with van der Waals surface area (Å²) < 4.78 is 5.70. The monoisotopic (exact) mass is 293 g/mol. The zero-order valence-corrected chi connectivity index (χ0v) is 11.6. The number of aliphatic carboxylic acids is 1. The van der Waals surface area contributed by atoms with Gasteiger partial charge in [-0.3, -0.25) is 9.36 Å². The Morgan fingerprint density at radius 2 is 2.29 bits per heavy atom. The first kappa shape index (κ1) is 14.7. The fourth-order valence-electron chi connectivity index (χ4n) is 1.86. The average molecular weight is 293 g/mol. The third kappa shape index (κ3) is 3.07. The Balaban J connectivity index is 2.24. The predicted molar refractivity (Wildman–Crippen MR) is 71.8 cm³/mol. The van der Waals surface area contributed by atoms with Gasteiger partial charge in [-0.15, -0.1) is 0 Å². The number of nitrogens with zero attached hydrogens (tertiary/aromatic N) is 4. The lowest BCUT2D eigenvalue weighted by Gasteiger charge is -2.14. The highest BCUT2D eigenvalue weighted by Gasteiger charge is 2.20. The largest absolute Gasteiger partial charge is 0.480 e. The van der Waals surface area contributed by atoms with Gasteiger partial charge in [0.1, 0.15) is 17.4 Å². The second kappa shape index (κ2) is 6.16. The van der Waals surface area contributed by atoms with Gasteiger partial charge in [-0.25, -0.2) is 14.4 Å². The van der Waals surface area contributed by atoms with Crippen molar-refractivity contribution >= 4 is 11.8 Å². The van der Waals surface area contributed by atoms with E-state index in [4.69, 9.17) is 5.11 Å². The lowest BCUT2D eigenvalue weighted by Crippen LogP contribution is -2.31. The summed E-state index contributed by atoms with van der Waals surface area (Å²) in [5, 5.41) is 19.3. The van der Waals surface area contributed by atoms with E-state index in [0.717, 1.165) is 4.57 Å². The standard InChI is InChI=1S/C12H15N5O4/c1-3-9(12(19)20)17-5-4-13-10(11(17)18)14-6-8-7(2)15-21-16-8/h4-5,9H,3,6H2,1-2H3,(H,13,14)(H,19,20)/t9-/m0/s1. The van der Waals surface area contributed by atoms with Gasteiger partial charge in [0.15, 0.2) is 5.82 Å². The van der Waals surface area contributed by atoms with Crippen molar-refractivity contribution in [3.63, 3.8) is 0 Å². The van der Waals surface area contributed by atoms with Gasteiger partial charge < -0.3 is 10.4 Å². The molecule has 0 radical (unpaired) electrons. The zero-order valence-electron chi connectivity index (χ0n) is 11.6. The van der Waals surface area contributed by atoms with Gasteiger partial charge in [0.2, 0.25) is 0 Å². The molecule has 0 aromatic carbocycles. The van der Waals surface area contributed by atoms with E-state index in [1.165, 1.54) is 12.4 Å². The Labute approximate surface area is 119 Å². The van der Waals surface area contributed by atoms with Crippen LogP contribution in [-0.2, 0) is 11.3 Å². The molecule has 2 aromatic rings. The first-order chi connectivity index (χ1) is 10.0. The minimum atomic E-state index is -1.06. The molecule has 0 bridgehead atoms. The van der Waals surface area contributed by atoms with Gasteiger partial charge >= 0.3 is 5.97 Å². The molecule has 112 valence electrons. The van der Waals surface area contributed by atoms with Gasteiger partial charge in [0.25, 0.3) is 5.56 Å². The highest BCUT2D eigenvalue weighted by molar-refractivity contribution is 5.71. The van der Waals surface area contributed by atoms with Crippen LogP contribution in [0.1, 0.15) is 30.8 Å².